The summed E-state index contributed by atoms with van der Waals surface area (Å²) in [6.45, 7) is 0. The standard InChI is InChI=1S/2Al.Ca.S.6H. The minimum atomic E-state index is 0. The fourth-order valence-electron chi connectivity index (χ4n) is 0. The van der Waals surface area contributed by atoms with Gasteiger partial charge in [0, 0.05) is 0 Å². The summed E-state index contributed by atoms with van der Waals surface area (Å²) in [6, 6.07) is 0. The van der Waals surface area contributed by atoms with Crippen molar-refractivity contribution in [2.45, 2.75) is 0 Å². The molecular formula is H6Al2CaS. The van der Waals surface area contributed by atoms with E-state index in [0.717, 1.165) is 0 Å². The summed E-state index contributed by atoms with van der Waals surface area (Å²) in [6.07, 6.45) is 0. The van der Waals surface area contributed by atoms with Gasteiger partial charge in [-0.2, -0.15) is 0 Å². The average Bonchev–Trinajstić information content (AvgIpc) is 0.918. The minimum absolute atomic E-state index is 0. The Bertz CT molecular complexity index is 6.00. The Morgan fingerprint density at radius 2 is 1.25 bits per heavy atom. The van der Waals surface area contributed by atoms with Crippen LogP contribution in [0.1, 0.15) is 0 Å². The second kappa shape index (κ2) is 9.18. The topological polar surface area (TPSA) is 0 Å². The van der Waals surface area contributed by atoms with E-state index in [1.807, 2.05) is 8.50 Å². The van der Waals surface area contributed by atoms with Crippen LogP contribution in [0.5, 0.6) is 0 Å². The Hall–Kier alpha value is 2.67. The van der Waals surface area contributed by atoms with Crippen molar-refractivity contribution in [1.82, 2.24) is 0 Å². The normalized spacial score (nSPS) is 4.00. The van der Waals surface area contributed by atoms with Gasteiger partial charge in [-0.05, 0) is 0 Å². The summed E-state index contributed by atoms with van der Waals surface area (Å²) in [5.74, 6) is 0. The monoisotopic (exact) mass is 132 g/mol. The molecule has 20 valence electrons. The Kier molecular flexibility index (Phi) is 22.6. The molecule has 4 heavy (non-hydrogen) atoms. The summed E-state index contributed by atoms with van der Waals surface area (Å²) in [5.41, 5.74) is 0. The van der Waals surface area contributed by atoms with E-state index in [-0.39, 0.29) is 37.7 Å². The van der Waals surface area contributed by atoms with Gasteiger partial charge in [0.2, 0.25) is 0 Å². The van der Waals surface area contributed by atoms with Crippen LogP contribution in [0, 0.1) is 0 Å². The first-order chi connectivity index (χ1) is 1.41. The maximum atomic E-state index is 2.03. The van der Waals surface area contributed by atoms with E-state index in [1.54, 1.807) is 0 Å². The van der Waals surface area contributed by atoms with Crippen molar-refractivity contribution in [3.8, 4) is 0 Å². The van der Waals surface area contributed by atoms with Gasteiger partial charge in [-0.1, -0.05) is 0 Å². The quantitative estimate of drug-likeness (QED) is 0.340. The third-order valence-electron chi connectivity index (χ3n) is 0. The second-order valence-corrected chi connectivity index (χ2v) is 11.0. The SMILES string of the molecule is [AlH2][S][AlH2].[CaH2]. The zero-order valence-electron chi connectivity index (χ0n) is 2.41. The third-order valence-corrected chi connectivity index (χ3v) is 0. The molecule has 0 aromatic rings. The van der Waals surface area contributed by atoms with Crippen molar-refractivity contribution in [1.29, 1.82) is 0 Å². The van der Waals surface area contributed by atoms with Gasteiger partial charge in [-0.25, -0.2) is 0 Å². The van der Waals surface area contributed by atoms with Crippen LogP contribution >= 0.6 is 8.50 Å². The van der Waals surface area contributed by atoms with Crippen LogP contribution in [0.15, 0.2) is 0 Å². The Labute approximate surface area is 75.0 Å². The van der Waals surface area contributed by atoms with E-state index in [9.17, 15) is 0 Å². The molecule has 0 saturated carbocycles. The molecule has 0 aliphatic carbocycles. The second-order valence-electron chi connectivity index (χ2n) is 0.408. The van der Waals surface area contributed by atoms with Crippen LogP contribution in [0.3, 0.4) is 0 Å². The van der Waals surface area contributed by atoms with Gasteiger partial charge in [-0.15, -0.1) is 0 Å². The van der Waals surface area contributed by atoms with E-state index in [1.165, 1.54) is 30.3 Å². The average molecular weight is 132 g/mol. The molecule has 0 heterocycles. The number of hydrogen-bond acceptors (Lipinski definition) is 1. The van der Waals surface area contributed by atoms with Crippen LogP contribution in [-0.2, 0) is 0 Å². The summed E-state index contributed by atoms with van der Waals surface area (Å²) in [5, 5.41) is 0. The molecule has 0 aromatic heterocycles. The molecule has 0 saturated heterocycles. The molecule has 0 aliphatic heterocycles. The maximum absolute atomic E-state index is 2.03. The zero-order chi connectivity index (χ0) is 2.71. The molecule has 0 spiro atoms. The molecule has 0 aromatic carbocycles. The van der Waals surface area contributed by atoms with E-state index < -0.39 is 0 Å². The fourth-order valence-corrected chi connectivity index (χ4v) is 0. The van der Waals surface area contributed by atoms with Crippen molar-refractivity contribution in [3.63, 3.8) is 0 Å². The van der Waals surface area contributed by atoms with Crippen LogP contribution < -0.4 is 0 Å². The fraction of sp³-hybridized carbons (Fsp3) is 0. The van der Waals surface area contributed by atoms with Gasteiger partial charge in [0.15, 0.2) is 0 Å². The third kappa shape index (κ3) is 8.82. The van der Waals surface area contributed by atoms with Crippen LogP contribution in [0.4, 0.5) is 0 Å². The Balaban J connectivity index is 0. The zero-order valence-corrected chi connectivity index (χ0v) is 7.22. The van der Waals surface area contributed by atoms with E-state index in [2.05, 4.69) is 0 Å². The van der Waals surface area contributed by atoms with Crippen molar-refractivity contribution in [2.75, 3.05) is 0 Å². The first kappa shape index (κ1) is 9.84. The molecular weight excluding hydrogens is 126 g/mol. The van der Waals surface area contributed by atoms with E-state index in [0.29, 0.717) is 0 Å². The summed E-state index contributed by atoms with van der Waals surface area (Å²) in [4.78, 5) is 0. The van der Waals surface area contributed by atoms with E-state index in [4.69, 9.17) is 0 Å². The van der Waals surface area contributed by atoms with Gasteiger partial charge in [0.25, 0.3) is 30.3 Å². The van der Waals surface area contributed by atoms with Gasteiger partial charge in [-0.3, -0.25) is 0 Å². The molecule has 0 amide bonds. The molecule has 4 heteroatoms. The summed E-state index contributed by atoms with van der Waals surface area (Å²) in [7, 11) is 2.03. The molecule has 0 rings (SSSR count). The Morgan fingerprint density at radius 1 is 1.25 bits per heavy atom. The molecule has 0 bridgehead atoms. The first-order valence-electron chi connectivity index (χ1n) is 0.816. The van der Waals surface area contributed by atoms with Crippen LogP contribution in [0.25, 0.3) is 0 Å². The molecule has 0 nitrogen and oxygen atoms in total. The molecule has 0 aliphatic rings. The van der Waals surface area contributed by atoms with Crippen molar-refractivity contribution in [2.24, 2.45) is 0 Å². The molecule has 0 unspecified atom stereocenters. The van der Waals surface area contributed by atoms with Gasteiger partial charge in [0.05, 0.1) is 0 Å². The van der Waals surface area contributed by atoms with Crippen molar-refractivity contribution >= 4 is 76.5 Å². The molecule has 0 atom stereocenters. The van der Waals surface area contributed by atoms with Gasteiger partial charge >= 0.3 is 37.7 Å². The van der Waals surface area contributed by atoms with Crippen LogP contribution in [-0.4, -0.2) is 68.1 Å². The van der Waals surface area contributed by atoms with Crippen molar-refractivity contribution < 1.29 is 0 Å². The summed E-state index contributed by atoms with van der Waals surface area (Å²) >= 11 is 2.69. The van der Waals surface area contributed by atoms with Crippen molar-refractivity contribution in [3.05, 3.63) is 0 Å². The Morgan fingerprint density at radius 3 is 1.25 bits per heavy atom. The predicted molar refractivity (Wildman–Crippen MR) is 33.2 cm³/mol. The summed E-state index contributed by atoms with van der Waals surface area (Å²) < 4.78 is 0. The predicted octanol–water partition coefficient (Wildman–Crippen LogP) is -2.10. The number of rotatable bonds is 0. The first-order valence-corrected chi connectivity index (χ1v) is 7.35. The molecule has 0 N–H and O–H groups in total. The van der Waals surface area contributed by atoms with Crippen LogP contribution in [0.2, 0.25) is 0 Å². The van der Waals surface area contributed by atoms with E-state index >= 15 is 0 Å². The molecule has 0 radical (unpaired) electrons. The number of hydrogen-bond donors (Lipinski definition) is 0. The molecule has 0 fully saturated rings. The van der Waals surface area contributed by atoms with Gasteiger partial charge in [0.1, 0.15) is 0 Å². The van der Waals surface area contributed by atoms with Gasteiger partial charge < -0.3 is 8.50 Å².